The van der Waals surface area contributed by atoms with Crippen LogP contribution >= 0.6 is 11.3 Å². The highest BCUT2D eigenvalue weighted by Gasteiger charge is 2.34. The molecule has 19 heavy (non-hydrogen) atoms. The summed E-state index contributed by atoms with van der Waals surface area (Å²) in [5.74, 6) is -0.123. The molecule has 1 amide bonds. The van der Waals surface area contributed by atoms with Gasteiger partial charge in [-0.2, -0.15) is 13.2 Å². The first-order chi connectivity index (χ1) is 8.86. The van der Waals surface area contributed by atoms with Crippen LogP contribution in [0.2, 0.25) is 0 Å². The number of hydrogen-bond acceptors (Lipinski definition) is 4. The van der Waals surface area contributed by atoms with Crippen molar-refractivity contribution in [3.05, 3.63) is 11.1 Å². The lowest BCUT2D eigenvalue weighted by molar-refractivity contribution is -0.140. The Morgan fingerprint density at radius 1 is 1.58 bits per heavy atom. The summed E-state index contributed by atoms with van der Waals surface area (Å²) in [6, 6.07) is -0.0236. The van der Waals surface area contributed by atoms with E-state index in [1.165, 1.54) is 6.92 Å². The van der Waals surface area contributed by atoms with E-state index in [0.717, 1.165) is 29.6 Å². The molecule has 0 saturated carbocycles. The smallest absolute Gasteiger partial charge is 0.352 e. The standard InChI is InChI=1S/C11H14F3N3OS/c1-7(18)15-8-3-2-4-17(5-8)10-16-9(6-19-10)11(12,13)14/h6,8H,2-5H2,1H3,(H,15,18). The Balaban J connectivity index is 2.05. The van der Waals surface area contributed by atoms with Gasteiger partial charge in [0.1, 0.15) is 0 Å². The summed E-state index contributed by atoms with van der Waals surface area (Å²) in [4.78, 5) is 16.4. The number of rotatable bonds is 2. The maximum atomic E-state index is 12.5. The van der Waals surface area contributed by atoms with Gasteiger partial charge in [-0.05, 0) is 12.8 Å². The molecule has 1 N–H and O–H groups in total. The SMILES string of the molecule is CC(=O)NC1CCCN(c2nc(C(F)(F)F)cs2)C1. The van der Waals surface area contributed by atoms with Gasteiger partial charge >= 0.3 is 6.18 Å². The fourth-order valence-electron chi connectivity index (χ4n) is 2.10. The normalized spacial score (nSPS) is 20.4. The molecule has 0 radical (unpaired) electrons. The number of amides is 1. The molecule has 1 aliphatic heterocycles. The van der Waals surface area contributed by atoms with E-state index in [1.54, 1.807) is 4.90 Å². The van der Waals surface area contributed by atoms with Crippen LogP contribution in [0.25, 0.3) is 0 Å². The van der Waals surface area contributed by atoms with Crippen molar-refractivity contribution in [2.24, 2.45) is 0 Å². The van der Waals surface area contributed by atoms with Crippen LogP contribution < -0.4 is 10.2 Å². The lowest BCUT2D eigenvalue weighted by Crippen LogP contribution is -2.47. The number of alkyl halides is 3. The van der Waals surface area contributed by atoms with Crippen LogP contribution in [0, 0.1) is 0 Å². The lowest BCUT2D eigenvalue weighted by Gasteiger charge is -2.32. The molecule has 0 aromatic carbocycles. The average molecular weight is 293 g/mol. The zero-order valence-corrected chi connectivity index (χ0v) is 11.1. The van der Waals surface area contributed by atoms with Gasteiger partial charge in [0.25, 0.3) is 0 Å². The first kappa shape index (κ1) is 14.1. The molecule has 8 heteroatoms. The summed E-state index contributed by atoms with van der Waals surface area (Å²) in [5.41, 5.74) is -0.853. The highest BCUT2D eigenvalue weighted by molar-refractivity contribution is 7.13. The first-order valence-corrected chi connectivity index (χ1v) is 6.79. The maximum absolute atomic E-state index is 12.5. The van der Waals surface area contributed by atoms with Crippen molar-refractivity contribution in [3.63, 3.8) is 0 Å². The largest absolute Gasteiger partial charge is 0.434 e. The third-order valence-corrected chi connectivity index (χ3v) is 3.78. The predicted molar refractivity (Wildman–Crippen MR) is 66.2 cm³/mol. The van der Waals surface area contributed by atoms with Gasteiger partial charge in [-0.1, -0.05) is 0 Å². The molecule has 0 spiro atoms. The molecule has 106 valence electrons. The van der Waals surface area contributed by atoms with Gasteiger partial charge in [-0.3, -0.25) is 4.79 Å². The van der Waals surface area contributed by atoms with Crippen molar-refractivity contribution in [1.29, 1.82) is 0 Å². The maximum Gasteiger partial charge on any atom is 0.434 e. The van der Waals surface area contributed by atoms with Crippen LogP contribution in [-0.4, -0.2) is 30.0 Å². The van der Waals surface area contributed by atoms with Gasteiger partial charge in [0.2, 0.25) is 5.91 Å². The van der Waals surface area contributed by atoms with Gasteiger partial charge in [-0.25, -0.2) is 4.98 Å². The van der Waals surface area contributed by atoms with E-state index in [2.05, 4.69) is 10.3 Å². The van der Waals surface area contributed by atoms with Gasteiger partial charge < -0.3 is 10.2 Å². The third-order valence-electron chi connectivity index (χ3n) is 2.88. The second-order valence-corrected chi connectivity index (χ2v) is 5.34. The number of carbonyl (C=O) groups is 1. The molecule has 0 aliphatic carbocycles. The second kappa shape index (κ2) is 5.36. The van der Waals surface area contributed by atoms with E-state index in [0.29, 0.717) is 18.2 Å². The fourth-order valence-corrected chi connectivity index (χ4v) is 2.97. The Bertz CT molecular complexity index is 460. The van der Waals surface area contributed by atoms with E-state index in [-0.39, 0.29) is 11.9 Å². The van der Waals surface area contributed by atoms with E-state index in [9.17, 15) is 18.0 Å². The minimum Gasteiger partial charge on any atom is -0.352 e. The number of carbonyl (C=O) groups excluding carboxylic acids is 1. The number of halogens is 3. The number of hydrogen-bond donors (Lipinski definition) is 1. The molecule has 1 unspecified atom stereocenters. The van der Waals surface area contributed by atoms with Crippen LogP contribution in [0.15, 0.2) is 5.38 Å². The van der Waals surface area contributed by atoms with Crippen LogP contribution in [0.3, 0.4) is 0 Å². The lowest BCUT2D eigenvalue weighted by atomic mass is 10.1. The van der Waals surface area contributed by atoms with Gasteiger partial charge in [0.05, 0.1) is 0 Å². The van der Waals surface area contributed by atoms with E-state index in [1.807, 2.05) is 0 Å². The molecule has 2 heterocycles. The molecule has 1 fully saturated rings. The van der Waals surface area contributed by atoms with Crippen LogP contribution in [-0.2, 0) is 11.0 Å². The minimum atomic E-state index is -4.40. The van der Waals surface area contributed by atoms with Crippen LogP contribution in [0.4, 0.5) is 18.3 Å². The highest BCUT2D eigenvalue weighted by atomic mass is 32.1. The molecular weight excluding hydrogens is 279 g/mol. The summed E-state index contributed by atoms with van der Waals surface area (Å²) < 4.78 is 37.5. The number of anilines is 1. The Morgan fingerprint density at radius 2 is 2.32 bits per heavy atom. The van der Waals surface area contributed by atoms with Crippen LogP contribution in [0.5, 0.6) is 0 Å². The molecule has 0 bridgehead atoms. The minimum absolute atomic E-state index is 0.0236. The number of nitrogens with one attached hydrogen (secondary N) is 1. The Labute approximate surface area is 112 Å². The molecule has 4 nitrogen and oxygen atoms in total. The predicted octanol–water partition coefficient (Wildman–Crippen LogP) is 2.27. The van der Waals surface area contributed by atoms with E-state index >= 15 is 0 Å². The Hall–Kier alpha value is -1.31. The highest BCUT2D eigenvalue weighted by Crippen LogP contribution is 2.33. The summed E-state index contributed by atoms with van der Waals surface area (Å²) in [5, 5.41) is 4.18. The topological polar surface area (TPSA) is 45.2 Å². The summed E-state index contributed by atoms with van der Waals surface area (Å²) in [6.07, 6.45) is -2.74. The average Bonchev–Trinajstić information content (AvgIpc) is 2.77. The molecule has 1 aromatic heterocycles. The van der Waals surface area contributed by atoms with Crippen molar-refractivity contribution in [3.8, 4) is 0 Å². The summed E-state index contributed by atoms with van der Waals surface area (Å²) in [6.45, 7) is 2.61. The summed E-state index contributed by atoms with van der Waals surface area (Å²) in [7, 11) is 0. The van der Waals surface area contributed by atoms with Gasteiger partial charge in [-0.15, -0.1) is 11.3 Å². The number of piperidine rings is 1. The van der Waals surface area contributed by atoms with Gasteiger partial charge in [0, 0.05) is 31.4 Å². The fraction of sp³-hybridized carbons (Fsp3) is 0.636. The molecule has 1 atom stereocenters. The quantitative estimate of drug-likeness (QED) is 0.910. The van der Waals surface area contributed by atoms with E-state index in [4.69, 9.17) is 0 Å². The molecule has 1 saturated heterocycles. The van der Waals surface area contributed by atoms with Crippen molar-refractivity contribution >= 4 is 22.4 Å². The number of aromatic nitrogens is 1. The number of thiazole rings is 1. The van der Waals surface area contributed by atoms with Crippen LogP contribution in [0.1, 0.15) is 25.5 Å². The van der Waals surface area contributed by atoms with Crippen molar-refractivity contribution in [2.75, 3.05) is 18.0 Å². The zero-order valence-electron chi connectivity index (χ0n) is 10.3. The number of nitrogens with zero attached hydrogens (tertiary/aromatic N) is 2. The van der Waals surface area contributed by atoms with Crippen molar-refractivity contribution < 1.29 is 18.0 Å². The molecule has 1 aliphatic rings. The Kier molecular flexibility index (Phi) is 3.98. The summed E-state index contributed by atoms with van der Waals surface area (Å²) >= 11 is 0.986. The molecule has 2 rings (SSSR count). The third kappa shape index (κ3) is 3.59. The van der Waals surface area contributed by atoms with Crippen molar-refractivity contribution in [2.45, 2.75) is 32.0 Å². The van der Waals surface area contributed by atoms with Crippen molar-refractivity contribution in [1.82, 2.24) is 10.3 Å². The first-order valence-electron chi connectivity index (χ1n) is 5.91. The second-order valence-electron chi connectivity index (χ2n) is 4.50. The zero-order chi connectivity index (χ0) is 14.0. The molecule has 1 aromatic rings. The van der Waals surface area contributed by atoms with Gasteiger partial charge in [0.15, 0.2) is 10.8 Å². The molecular formula is C11H14F3N3OS. The Morgan fingerprint density at radius 3 is 2.89 bits per heavy atom. The monoisotopic (exact) mass is 293 g/mol. The van der Waals surface area contributed by atoms with E-state index < -0.39 is 11.9 Å².